The summed E-state index contributed by atoms with van der Waals surface area (Å²) in [6.45, 7) is 4.29. The maximum absolute atomic E-state index is 5.32. The largest absolute Gasteiger partial charge is 0.374 e. The molecule has 0 aliphatic carbocycles. The third-order valence-electron chi connectivity index (χ3n) is 2.01. The molecule has 0 bridgehead atoms. The van der Waals surface area contributed by atoms with Crippen LogP contribution in [0.25, 0.3) is 0 Å². The molecular weight excluding hydrogens is 182 g/mol. The van der Waals surface area contributed by atoms with Gasteiger partial charge in [0.2, 0.25) is 0 Å². The van der Waals surface area contributed by atoms with E-state index in [0.717, 1.165) is 24.3 Å². The Morgan fingerprint density at radius 1 is 1.54 bits per heavy atom. The van der Waals surface area contributed by atoms with Gasteiger partial charge in [0.05, 0.1) is 5.69 Å². The Bertz CT molecular complexity index is 243. The second-order valence-corrected chi connectivity index (χ2v) is 3.95. The van der Waals surface area contributed by atoms with Crippen molar-refractivity contribution in [3.05, 3.63) is 16.1 Å². The normalized spacial score (nSPS) is 13.2. The highest BCUT2D eigenvalue weighted by Gasteiger charge is 2.11. The average molecular weight is 199 g/mol. The molecule has 1 rings (SSSR count). The predicted octanol–water partition coefficient (Wildman–Crippen LogP) is 3.19. The lowest BCUT2D eigenvalue weighted by Crippen LogP contribution is -1.99. The standard InChI is InChI=1S/C10H17NOS/c1-4-6-8-7-13-10(11-8)9(5-2)12-3/h7,9H,4-6H2,1-3H3. The summed E-state index contributed by atoms with van der Waals surface area (Å²) in [5.41, 5.74) is 1.21. The minimum atomic E-state index is 0.190. The number of hydrogen-bond donors (Lipinski definition) is 0. The van der Waals surface area contributed by atoms with Gasteiger partial charge in [0.1, 0.15) is 11.1 Å². The van der Waals surface area contributed by atoms with Crippen LogP contribution in [-0.4, -0.2) is 12.1 Å². The van der Waals surface area contributed by atoms with Crippen LogP contribution in [0.5, 0.6) is 0 Å². The lowest BCUT2D eigenvalue weighted by molar-refractivity contribution is 0.0996. The number of aryl methyl sites for hydroxylation is 1. The molecule has 1 heterocycles. The van der Waals surface area contributed by atoms with Gasteiger partial charge in [-0.2, -0.15) is 0 Å². The van der Waals surface area contributed by atoms with Crippen LogP contribution < -0.4 is 0 Å². The molecule has 0 aliphatic rings. The van der Waals surface area contributed by atoms with Gasteiger partial charge in [0, 0.05) is 12.5 Å². The number of nitrogens with zero attached hydrogens (tertiary/aromatic N) is 1. The van der Waals surface area contributed by atoms with Crippen molar-refractivity contribution in [3.8, 4) is 0 Å². The molecule has 3 heteroatoms. The van der Waals surface area contributed by atoms with Crippen molar-refractivity contribution in [1.82, 2.24) is 4.98 Å². The summed E-state index contributed by atoms with van der Waals surface area (Å²) in [4.78, 5) is 4.54. The highest BCUT2D eigenvalue weighted by atomic mass is 32.1. The van der Waals surface area contributed by atoms with E-state index in [1.54, 1.807) is 18.4 Å². The fourth-order valence-corrected chi connectivity index (χ4v) is 2.30. The van der Waals surface area contributed by atoms with Gasteiger partial charge in [-0.05, 0) is 12.8 Å². The van der Waals surface area contributed by atoms with Crippen molar-refractivity contribution in [3.63, 3.8) is 0 Å². The van der Waals surface area contributed by atoms with Gasteiger partial charge < -0.3 is 4.74 Å². The minimum absolute atomic E-state index is 0.190. The first-order valence-electron chi connectivity index (χ1n) is 4.78. The lowest BCUT2D eigenvalue weighted by atomic mass is 10.2. The highest BCUT2D eigenvalue weighted by molar-refractivity contribution is 7.09. The molecule has 0 N–H and O–H groups in total. The number of thiazole rings is 1. The van der Waals surface area contributed by atoms with Crippen LogP contribution in [-0.2, 0) is 11.2 Å². The molecule has 1 aromatic rings. The Hall–Kier alpha value is -0.410. The third kappa shape index (κ3) is 2.78. The summed E-state index contributed by atoms with van der Waals surface area (Å²) in [6.07, 6.45) is 3.43. The van der Waals surface area contributed by atoms with E-state index >= 15 is 0 Å². The summed E-state index contributed by atoms with van der Waals surface area (Å²) in [7, 11) is 1.75. The molecule has 1 aromatic heterocycles. The van der Waals surface area contributed by atoms with E-state index in [1.165, 1.54) is 5.69 Å². The molecule has 0 fully saturated rings. The van der Waals surface area contributed by atoms with Crippen LogP contribution in [0, 0.1) is 0 Å². The van der Waals surface area contributed by atoms with Gasteiger partial charge in [-0.1, -0.05) is 20.3 Å². The van der Waals surface area contributed by atoms with Crippen molar-refractivity contribution in [2.24, 2.45) is 0 Å². The molecule has 0 saturated carbocycles. The van der Waals surface area contributed by atoms with Gasteiger partial charge in [-0.25, -0.2) is 4.98 Å². The van der Waals surface area contributed by atoms with E-state index in [0.29, 0.717) is 0 Å². The molecule has 1 unspecified atom stereocenters. The second-order valence-electron chi connectivity index (χ2n) is 3.06. The van der Waals surface area contributed by atoms with Crippen molar-refractivity contribution in [1.29, 1.82) is 0 Å². The Morgan fingerprint density at radius 2 is 2.31 bits per heavy atom. The zero-order valence-corrected chi connectivity index (χ0v) is 9.36. The topological polar surface area (TPSA) is 22.1 Å². The number of rotatable bonds is 5. The maximum atomic E-state index is 5.32. The summed E-state index contributed by atoms with van der Waals surface area (Å²) in [6, 6.07) is 0. The average Bonchev–Trinajstić information content (AvgIpc) is 2.56. The quantitative estimate of drug-likeness (QED) is 0.726. The SMILES string of the molecule is CCCc1csc(C(CC)OC)n1. The summed E-state index contributed by atoms with van der Waals surface area (Å²) >= 11 is 1.71. The second kappa shape index (κ2) is 5.35. The van der Waals surface area contributed by atoms with Crippen LogP contribution in [0.15, 0.2) is 5.38 Å². The monoisotopic (exact) mass is 199 g/mol. The molecule has 0 radical (unpaired) electrons. The molecular formula is C10H17NOS. The third-order valence-corrected chi connectivity index (χ3v) is 2.99. The van der Waals surface area contributed by atoms with Gasteiger partial charge in [0.25, 0.3) is 0 Å². The number of hydrogen-bond acceptors (Lipinski definition) is 3. The first kappa shape index (κ1) is 10.7. The van der Waals surface area contributed by atoms with Gasteiger partial charge in [0.15, 0.2) is 0 Å². The van der Waals surface area contributed by atoms with Crippen LogP contribution >= 0.6 is 11.3 Å². The molecule has 0 amide bonds. The fraction of sp³-hybridized carbons (Fsp3) is 0.700. The predicted molar refractivity (Wildman–Crippen MR) is 56.2 cm³/mol. The highest BCUT2D eigenvalue weighted by Crippen LogP contribution is 2.23. The maximum Gasteiger partial charge on any atom is 0.122 e. The molecule has 0 aliphatic heterocycles. The van der Waals surface area contributed by atoms with E-state index in [1.807, 2.05) is 0 Å². The zero-order chi connectivity index (χ0) is 9.68. The number of aromatic nitrogens is 1. The summed E-state index contributed by atoms with van der Waals surface area (Å²) in [5.74, 6) is 0. The number of ether oxygens (including phenoxy) is 1. The van der Waals surface area contributed by atoms with Crippen LogP contribution in [0.1, 0.15) is 43.5 Å². The van der Waals surface area contributed by atoms with E-state index in [2.05, 4.69) is 24.2 Å². The Kier molecular flexibility index (Phi) is 4.39. The first-order valence-corrected chi connectivity index (χ1v) is 5.66. The Morgan fingerprint density at radius 3 is 2.85 bits per heavy atom. The number of methoxy groups -OCH3 is 1. The van der Waals surface area contributed by atoms with Crippen molar-refractivity contribution < 1.29 is 4.74 Å². The molecule has 1 atom stereocenters. The smallest absolute Gasteiger partial charge is 0.122 e. The molecule has 2 nitrogen and oxygen atoms in total. The lowest BCUT2D eigenvalue weighted by Gasteiger charge is -2.08. The van der Waals surface area contributed by atoms with Crippen molar-refractivity contribution in [2.45, 2.75) is 39.2 Å². The Labute approximate surface area is 84.0 Å². The van der Waals surface area contributed by atoms with E-state index in [4.69, 9.17) is 4.74 Å². The van der Waals surface area contributed by atoms with Crippen LogP contribution in [0.3, 0.4) is 0 Å². The van der Waals surface area contributed by atoms with Crippen molar-refractivity contribution >= 4 is 11.3 Å². The van der Waals surface area contributed by atoms with Gasteiger partial charge in [-0.15, -0.1) is 11.3 Å². The van der Waals surface area contributed by atoms with E-state index in [-0.39, 0.29) is 6.10 Å². The molecule has 74 valence electrons. The van der Waals surface area contributed by atoms with Crippen LogP contribution in [0.4, 0.5) is 0 Å². The van der Waals surface area contributed by atoms with Crippen molar-refractivity contribution in [2.75, 3.05) is 7.11 Å². The molecule has 0 saturated heterocycles. The molecule has 0 spiro atoms. The first-order chi connectivity index (χ1) is 6.31. The minimum Gasteiger partial charge on any atom is -0.374 e. The summed E-state index contributed by atoms with van der Waals surface area (Å²) < 4.78 is 5.32. The Balaban J connectivity index is 2.66. The fourth-order valence-electron chi connectivity index (χ4n) is 1.28. The van der Waals surface area contributed by atoms with Crippen LogP contribution in [0.2, 0.25) is 0 Å². The zero-order valence-electron chi connectivity index (χ0n) is 8.54. The van der Waals surface area contributed by atoms with Gasteiger partial charge >= 0.3 is 0 Å². The molecule has 0 aromatic carbocycles. The molecule has 13 heavy (non-hydrogen) atoms. The van der Waals surface area contributed by atoms with E-state index in [9.17, 15) is 0 Å². The summed E-state index contributed by atoms with van der Waals surface area (Å²) in [5, 5.41) is 3.26. The van der Waals surface area contributed by atoms with Gasteiger partial charge in [-0.3, -0.25) is 0 Å². The van der Waals surface area contributed by atoms with E-state index < -0.39 is 0 Å².